The van der Waals surface area contributed by atoms with Crippen molar-refractivity contribution < 1.29 is 4.74 Å². The van der Waals surface area contributed by atoms with E-state index in [0.29, 0.717) is 11.3 Å². The molecule has 2 nitrogen and oxygen atoms in total. The number of aryl methyl sites for hydroxylation is 1. The Morgan fingerprint density at radius 3 is 2.29 bits per heavy atom. The monoisotopic (exact) mass is 289 g/mol. The molecule has 21 heavy (non-hydrogen) atoms. The molecule has 0 aliphatic heterocycles. The average Bonchev–Trinajstić information content (AvgIpc) is 2.45. The van der Waals surface area contributed by atoms with Gasteiger partial charge in [0.1, 0.15) is 5.75 Å². The van der Waals surface area contributed by atoms with Crippen LogP contribution in [0.1, 0.15) is 63.6 Å². The van der Waals surface area contributed by atoms with Gasteiger partial charge >= 0.3 is 0 Å². The van der Waals surface area contributed by atoms with Gasteiger partial charge in [-0.2, -0.15) is 0 Å². The summed E-state index contributed by atoms with van der Waals surface area (Å²) in [6, 6.07) is 6.43. The van der Waals surface area contributed by atoms with Crippen LogP contribution in [0.4, 0.5) is 0 Å². The van der Waals surface area contributed by atoms with Crippen molar-refractivity contribution in [2.24, 2.45) is 23.0 Å². The van der Waals surface area contributed by atoms with Gasteiger partial charge in [0.05, 0.1) is 7.11 Å². The third-order valence-electron chi connectivity index (χ3n) is 5.25. The van der Waals surface area contributed by atoms with Gasteiger partial charge in [0.2, 0.25) is 0 Å². The van der Waals surface area contributed by atoms with Gasteiger partial charge in [0.15, 0.2) is 0 Å². The first-order chi connectivity index (χ1) is 9.82. The first kappa shape index (κ1) is 16.4. The lowest BCUT2D eigenvalue weighted by atomic mass is 9.68. The summed E-state index contributed by atoms with van der Waals surface area (Å²) in [5, 5.41) is 0. The molecular weight excluding hydrogens is 258 g/mol. The van der Waals surface area contributed by atoms with Gasteiger partial charge < -0.3 is 10.5 Å². The van der Waals surface area contributed by atoms with Gasteiger partial charge in [-0.1, -0.05) is 38.5 Å². The predicted molar refractivity (Wildman–Crippen MR) is 89.6 cm³/mol. The van der Waals surface area contributed by atoms with Gasteiger partial charge in [-0.25, -0.2) is 0 Å². The Morgan fingerprint density at radius 2 is 1.76 bits per heavy atom. The molecule has 1 aromatic carbocycles. The maximum atomic E-state index is 6.59. The third kappa shape index (κ3) is 3.79. The van der Waals surface area contributed by atoms with Crippen molar-refractivity contribution in [3.8, 4) is 5.75 Å². The SMILES string of the molecule is COc1ccc(C)cc1C(N)C1CCC(C(C)(C)C)CC1. The van der Waals surface area contributed by atoms with Crippen molar-refractivity contribution >= 4 is 0 Å². The molecule has 1 aliphatic rings. The highest BCUT2D eigenvalue weighted by atomic mass is 16.5. The average molecular weight is 289 g/mol. The molecule has 2 rings (SSSR count). The van der Waals surface area contributed by atoms with Crippen LogP contribution in [0, 0.1) is 24.2 Å². The van der Waals surface area contributed by atoms with Gasteiger partial charge in [-0.15, -0.1) is 0 Å². The first-order valence-electron chi connectivity index (χ1n) is 8.23. The summed E-state index contributed by atoms with van der Waals surface area (Å²) < 4.78 is 5.51. The standard InChI is InChI=1S/C19H31NO/c1-13-6-11-17(21-5)16(12-13)18(20)14-7-9-15(10-8-14)19(2,3)4/h6,11-12,14-15,18H,7-10,20H2,1-5H3. The molecule has 0 radical (unpaired) electrons. The molecule has 2 N–H and O–H groups in total. The summed E-state index contributed by atoms with van der Waals surface area (Å²) in [6.07, 6.45) is 5.08. The minimum atomic E-state index is 0.0979. The molecule has 118 valence electrons. The molecule has 0 spiro atoms. The second kappa shape index (κ2) is 6.39. The Bertz CT molecular complexity index is 467. The smallest absolute Gasteiger partial charge is 0.123 e. The highest BCUT2D eigenvalue weighted by Crippen LogP contribution is 2.43. The topological polar surface area (TPSA) is 35.2 Å². The lowest BCUT2D eigenvalue weighted by Crippen LogP contribution is -2.31. The van der Waals surface area contributed by atoms with E-state index in [1.165, 1.54) is 36.8 Å². The van der Waals surface area contributed by atoms with Crippen LogP contribution in [0.2, 0.25) is 0 Å². The van der Waals surface area contributed by atoms with Crippen LogP contribution in [0.3, 0.4) is 0 Å². The molecular formula is C19H31NO. The van der Waals surface area contributed by atoms with Crippen molar-refractivity contribution in [2.75, 3.05) is 7.11 Å². The zero-order valence-corrected chi connectivity index (χ0v) is 14.3. The van der Waals surface area contributed by atoms with Crippen LogP contribution < -0.4 is 10.5 Å². The second-order valence-electron chi connectivity index (χ2n) is 7.75. The quantitative estimate of drug-likeness (QED) is 0.862. The molecule has 1 fully saturated rings. The number of nitrogens with two attached hydrogens (primary N) is 1. The maximum absolute atomic E-state index is 6.59. The molecule has 1 aromatic rings. The largest absolute Gasteiger partial charge is 0.496 e. The van der Waals surface area contributed by atoms with Crippen molar-refractivity contribution in [1.82, 2.24) is 0 Å². The van der Waals surface area contributed by atoms with Crippen LogP contribution in [-0.4, -0.2) is 7.11 Å². The minimum Gasteiger partial charge on any atom is -0.496 e. The number of benzene rings is 1. The van der Waals surface area contributed by atoms with Gasteiger partial charge in [0.25, 0.3) is 0 Å². The molecule has 0 saturated heterocycles. The Balaban J connectivity index is 2.08. The summed E-state index contributed by atoms with van der Waals surface area (Å²) in [6.45, 7) is 9.21. The highest BCUT2D eigenvalue weighted by molar-refractivity contribution is 5.39. The van der Waals surface area contributed by atoms with Crippen LogP contribution in [-0.2, 0) is 0 Å². The lowest BCUT2D eigenvalue weighted by molar-refractivity contribution is 0.139. The summed E-state index contributed by atoms with van der Waals surface area (Å²) in [5.74, 6) is 2.35. The zero-order chi connectivity index (χ0) is 15.6. The van der Waals surface area contributed by atoms with Crippen LogP contribution in [0.25, 0.3) is 0 Å². The van der Waals surface area contributed by atoms with E-state index in [9.17, 15) is 0 Å². The molecule has 0 bridgehead atoms. The van der Waals surface area contributed by atoms with Crippen molar-refractivity contribution in [3.05, 3.63) is 29.3 Å². The molecule has 1 atom stereocenters. The van der Waals surface area contributed by atoms with Crippen molar-refractivity contribution in [1.29, 1.82) is 0 Å². The van der Waals surface area contributed by atoms with E-state index in [1.54, 1.807) is 7.11 Å². The van der Waals surface area contributed by atoms with E-state index in [0.717, 1.165) is 11.7 Å². The summed E-state index contributed by atoms with van der Waals surface area (Å²) in [4.78, 5) is 0. The fraction of sp³-hybridized carbons (Fsp3) is 0.684. The fourth-order valence-electron chi connectivity index (χ4n) is 3.71. The Hall–Kier alpha value is -1.02. The molecule has 0 heterocycles. The number of ether oxygens (including phenoxy) is 1. The Labute approximate surface area is 130 Å². The molecule has 2 heteroatoms. The van der Waals surface area contributed by atoms with Gasteiger partial charge in [-0.3, -0.25) is 0 Å². The molecule has 1 unspecified atom stereocenters. The summed E-state index contributed by atoms with van der Waals surface area (Å²) >= 11 is 0. The van der Waals surface area contributed by atoms with Gasteiger partial charge in [0, 0.05) is 11.6 Å². The third-order valence-corrected chi connectivity index (χ3v) is 5.25. The Morgan fingerprint density at radius 1 is 1.14 bits per heavy atom. The normalized spacial score (nSPS) is 24.7. The Kier molecular flexibility index (Phi) is 4.98. The minimum absolute atomic E-state index is 0.0979. The fourth-order valence-corrected chi connectivity index (χ4v) is 3.71. The van der Waals surface area contributed by atoms with Crippen LogP contribution in [0.5, 0.6) is 5.75 Å². The zero-order valence-electron chi connectivity index (χ0n) is 14.3. The highest BCUT2D eigenvalue weighted by Gasteiger charge is 2.32. The van der Waals surface area contributed by atoms with E-state index >= 15 is 0 Å². The lowest BCUT2D eigenvalue weighted by Gasteiger charge is -2.39. The van der Waals surface area contributed by atoms with E-state index in [1.807, 2.05) is 6.07 Å². The maximum Gasteiger partial charge on any atom is 0.123 e. The first-order valence-corrected chi connectivity index (χ1v) is 8.23. The van der Waals surface area contributed by atoms with Crippen LogP contribution >= 0.6 is 0 Å². The van der Waals surface area contributed by atoms with Gasteiger partial charge in [-0.05, 0) is 55.9 Å². The molecule has 1 saturated carbocycles. The molecule has 0 amide bonds. The number of hydrogen-bond acceptors (Lipinski definition) is 2. The molecule has 1 aliphatic carbocycles. The summed E-state index contributed by atoms with van der Waals surface area (Å²) in [5.41, 5.74) is 9.45. The van der Waals surface area contributed by atoms with E-state index in [2.05, 4.69) is 39.8 Å². The number of methoxy groups -OCH3 is 1. The van der Waals surface area contributed by atoms with E-state index in [-0.39, 0.29) is 6.04 Å². The van der Waals surface area contributed by atoms with E-state index in [4.69, 9.17) is 10.5 Å². The van der Waals surface area contributed by atoms with Crippen LogP contribution in [0.15, 0.2) is 18.2 Å². The van der Waals surface area contributed by atoms with Crippen molar-refractivity contribution in [3.63, 3.8) is 0 Å². The number of hydrogen-bond donors (Lipinski definition) is 1. The second-order valence-corrected chi connectivity index (χ2v) is 7.75. The number of rotatable bonds is 3. The van der Waals surface area contributed by atoms with Crippen molar-refractivity contribution in [2.45, 2.75) is 59.4 Å². The summed E-state index contributed by atoms with van der Waals surface area (Å²) in [7, 11) is 1.73. The molecule has 0 aromatic heterocycles. The predicted octanol–water partition coefficient (Wildman–Crippen LogP) is 4.86. The van der Waals surface area contributed by atoms with E-state index < -0.39 is 0 Å².